The summed E-state index contributed by atoms with van der Waals surface area (Å²) in [4.78, 5) is 0. The van der Waals surface area contributed by atoms with Gasteiger partial charge in [0.2, 0.25) is 0 Å². The van der Waals surface area contributed by atoms with Gasteiger partial charge >= 0.3 is 72.8 Å². The molecule has 6 heteroatoms. The summed E-state index contributed by atoms with van der Waals surface area (Å²) in [5, 5.41) is 0. The van der Waals surface area contributed by atoms with Crippen molar-refractivity contribution >= 4 is 72.8 Å². The topological polar surface area (TPSA) is 0 Å². The van der Waals surface area contributed by atoms with Gasteiger partial charge in [-0.05, 0) is 0 Å². The molecular formula is HB2I3S. The second kappa shape index (κ2) is 4.54. The summed E-state index contributed by atoms with van der Waals surface area (Å²) >= 11 is 7.97. The zero-order valence-electron chi connectivity index (χ0n) is 2.74. The number of halogens is 3. The monoisotopic (exact) mass is 436 g/mol. The van der Waals surface area contributed by atoms with Crippen molar-refractivity contribution in [2.75, 3.05) is 0 Å². The SMILES string of the molecule is [B]B(S)I(I)I. The van der Waals surface area contributed by atoms with E-state index in [-0.39, 0.29) is 3.74 Å². The molecule has 0 aromatic rings. The van der Waals surface area contributed by atoms with Crippen molar-refractivity contribution in [2.24, 2.45) is 0 Å². The van der Waals surface area contributed by atoms with Crippen LogP contribution in [0.15, 0.2) is 0 Å². The fourth-order valence-electron chi connectivity index (χ4n) is 0. The van der Waals surface area contributed by atoms with Crippen LogP contribution >= 0.6 is 61.4 Å². The first-order valence-corrected chi connectivity index (χ1v) is 15.4. The third-order valence-electron chi connectivity index (χ3n) is 0.169. The Morgan fingerprint density at radius 1 is 1.67 bits per heavy atom. The van der Waals surface area contributed by atoms with Crippen LogP contribution in [-0.2, 0) is 0 Å². The van der Waals surface area contributed by atoms with E-state index in [4.69, 9.17) is 7.74 Å². The summed E-state index contributed by atoms with van der Waals surface area (Å²) < 4.78 is 0.176. The van der Waals surface area contributed by atoms with E-state index in [2.05, 4.69) is 49.7 Å². The fraction of sp³-hybridized carbons (Fsp3) is 0. The molecule has 0 saturated carbocycles. The van der Waals surface area contributed by atoms with Gasteiger partial charge in [-0.2, -0.15) is 0 Å². The van der Waals surface area contributed by atoms with Gasteiger partial charge in [0.1, 0.15) is 0 Å². The van der Waals surface area contributed by atoms with Gasteiger partial charge in [-0.3, -0.25) is 0 Å². The molecule has 0 aliphatic carbocycles. The van der Waals surface area contributed by atoms with Gasteiger partial charge in [0.15, 0.2) is 0 Å². The van der Waals surface area contributed by atoms with Crippen molar-refractivity contribution in [3.8, 4) is 0 Å². The minimum absolute atomic E-state index is 0.176. The molecule has 0 spiro atoms. The zero-order chi connectivity index (χ0) is 5.15. The molecule has 0 heterocycles. The molecule has 0 aromatic heterocycles. The summed E-state index contributed by atoms with van der Waals surface area (Å²) in [6.45, 7) is 0. The van der Waals surface area contributed by atoms with Crippen molar-refractivity contribution in [3.05, 3.63) is 0 Å². The quantitative estimate of drug-likeness (QED) is 0.365. The number of hydrogen-bond acceptors (Lipinski definition) is 1. The molecule has 0 aromatic carbocycles. The first kappa shape index (κ1) is 8.67. The first-order chi connectivity index (χ1) is 2.64. The van der Waals surface area contributed by atoms with Gasteiger partial charge in [-0.15, -0.1) is 0 Å². The maximum absolute atomic E-state index is 5.35. The van der Waals surface area contributed by atoms with Crippen LogP contribution in [0, 0.1) is 0 Å². The fourth-order valence-corrected chi connectivity index (χ4v) is 0. The second-order valence-electron chi connectivity index (χ2n) is 0.592. The Kier molecular flexibility index (Phi) is 6.56. The third kappa shape index (κ3) is 4.82. The summed E-state index contributed by atoms with van der Waals surface area (Å²) in [5.41, 5.74) is 0. The van der Waals surface area contributed by atoms with Gasteiger partial charge in [-0.1, -0.05) is 0 Å². The van der Waals surface area contributed by atoms with Crippen LogP contribution in [0.1, 0.15) is 0 Å². The van der Waals surface area contributed by atoms with Crippen molar-refractivity contribution in [1.82, 2.24) is 0 Å². The molecule has 0 bridgehead atoms. The number of thiol groups is 1. The molecule has 0 aliphatic rings. The number of hydrogen-bond donors (Lipinski definition) is 1. The Labute approximate surface area is 71.2 Å². The molecule has 0 nitrogen and oxygen atoms in total. The molecule has 0 amide bonds. The van der Waals surface area contributed by atoms with Crippen LogP contribution < -0.4 is 0 Å². The molecule has 2 radical (unpaired) electrons. The van der Waals surface area contributed by atoms with Gasteiger partial charge in [-0.25, -0.2) is 0 Å². The zero-order valence-corrected chi connectivity index (χ0v) is 10.1. The average molecular weight is 435 g/mol. The van der Waals surface area contributed by atoms with Gasteiger partial charge in [0, 0.05) is 0 Å². The van der Waals surface area contributed by atoms with Gasteiger partial charge in [0.05, 0.1) is 0 Å². The van der Waals surface area contributed by atoms with E-state index in [1.165, 1.54) is 0 Å². The van der Waals surface area contributed by atoms with Crippen LogP contribution in [0.2, 0.25) is 0 Å². The van der Waals surface area contributed by atoms with Crippen LogP contribution in [-0.4, -0.2) is 11.5 Å². The number of rotatable bonds is 1. The molecular weight excluding hydrogens is 434 g/mol. The van der Waals surface area contributed by atoms with Crippen LogP contribution in [0.3, 0.4) is 0 Å². The maximum atomic E-state index is 5.35. The molecule has 0 saturated heterocycles. The van der Waals surface area contributed by atoms with Crippen molar-refractivity contribution in [2.45, 2.75) is 0 Å². The molecule has 34 valence electrons. The predicted octanol–water partition coefficient (Wildman–Crippen LogP) is 2.28. The van der Waals surface area contributed by atoms with Crippen LogP contribution in [0.4, 0.5) is 0 Å². The van der Waals surface area contributed by atoms with Crippen molar-refractivity contribution in [3.63, 3.8) is 0 Å². The van der Waals surface area contributed by atoms with E-state index >= 15 is 0 Å². The molecule has 0 fully saturated rings. The predicted molar refractivity (Wildman–Crippen MR) is 62.6 cm³/mol. The summed E-state index contributed by atoms with van der Waals surface area (Å²) in [7, 11) is 5.35. The second-order valence-corrected chi connectivity index (χ2v) is 27.0. The van der Waals surface area contributed by atoms with Crippen molar-refractivity contribution in [1.29, 1.82) is 0 Å². The van der Waals surface area contributed by atoms with E-state index in [0.717, 1.165) is 0 Å². The molecule has 0 atom stereocenters. The van der Waals surface area contributed by atoms with E-state index in [9.17, 15) is 0 Å². The summed E-state index contributed by atoms with van der Waals surface area (Å²) in [5.74, 6) is 0. The van der Waals surface area contributed by atoms with E-state index in [1.54, 1.807) is 0 Å². The van der Waals surface area contributed by atoms with Crippen molar-refractivity contribution < 1.29 is 0 Å². The summed E-state index contributed by atoms with van der Waals surface area (Å²) in [6.07, 6.45) is 0. The van der Waals surface area contributed by atoms with E-state index < -0.39 is 11.7 Å². The molecule has 0 aliphatic heterocycles. The Balaban J connectivity index is 2.99. The Bertz CT molecular complexity index is 29.8. The Hall–Kier alpha value is 2.67. The molecule has 0 N–H and O–H groups in total. The van der Waals surface area contributed by atoms with Gasteiger partial charge < -0.3 is 0 Å². The van der Waals surface area contributed by atoms with E-state index in [1.807, 2.05) is 0 Å². The van der Waals surface area contributed by atoms with E-state index in [0.29, 0.717) is 0 Å². The Morgan fingerprint density at radius 2 is 1.83 bits per heavy atom. The molecule has 0 unspecified atom stereocenters. The average Bonchev–Trinajstić information content (AvgIpc) is 1.36. The van der Waals surface area contributed by atoms with Crippen LogP contribution in [0.25, 0.3) is 0 Å². The van der Waals surface area contributed by atoms with Gasteiger partial charge in [0.25, 0.3) is 0 Å². The molecule has 0 rings (SSSR count). The summed E-state index contributed by atoms with van der Waals surface area (Å²) in [6, 6.07) is 0. The first-order valence-electron chi connectivity index (χ1n) is 1.10. The Morgan fingerprint density at radius 3 is 1.83 bits per heavy atom. The minimum atomic E-state index is -0.802. The normalized spacial score (nSPS) is 10.8. The third-order valence-corrected chi connectivity index (χ3v) is 14.2. The molecule has 6 heavy (non-hydrogen) atoms. The van der Waals surface area contributed by atoms with Crippen LogP contribution in [0.5, 0.6) is 0 Å². The standard InChI is InChI=1S/B2HI3S/c1-2(6)5(3)4/h6H.